The highest BCUT2D eigenvalue weighted by Crippen LogP contribution is 2.26. The van der Waals surface area contributed by atoms with Crippen molar-refractivity contribution in [1.82, 2.24) is 0 Å². The highest BCUT2D eigenvalue weighted by molar-refractivity contribution is 5.87. The van der Waals surface area contributed by atoms with Gasteiger partial charge in [-0.3, -0.25) is 10.1 Å². The van der Waals surface area contributed by atoms with Gasteiger partial charge in [-0.25, -0.2) is 0 Å². The summed E-state index contributed by atoms with van der Waals surface area (Å²) < 4.78 is 0. The van der Waals surface area contributed by atoms with Gasteiger partial charge in [0.2, 0.25) is 6.10 Å². The molecule has 1 aromatic carbocycles. The van der Waals surface area contributed by atoms with E-state index in [0.29, 0.717) is 11.1 Å². The van der Waals surface area contributed by atoms with Crippen molar-refractivity contribution >= 4 is 5.71 Å². The van der Waals surface area contributed by atoms with Crippen molar-refractivity contribution in [2.24, 2.45) is 5.16 Å². The Kier molecular flexibility index (Phi) is 4.16. The molecule has 1 heterocycles. The SMILES string of the molecule is CC1=NO[C@@H]([C@@H](O)[C@H](O)c2ccc(C#N)cc2)[C@@H]1[N+](=O)[O-]. The molecule has 1 aromatic rings. The normalized spacial score (nSPS) is 23.6. The maximum Gasteiger partial charge on any atom is 0.295 e. The van der Waals surface area contributed by atoms with Crippen molar-refractivity contribution in [3.8, 4) is 6.07 Å². The van der Waals surface area contributed by atoms with Gasteiger partial charge in [-0.1, -0.05) is 17.3 Å². The van der Waals surface area contributed by atoms with Crippen molar-refractivity contribution in [2.45, 2.75) is 31.3 Å². The largest absolute Gasteiger partial charge is 0.386 e. The maximum absolute atomic E-state index is 11.0. The van der Waals surface area contributed by atoms with Crippen molar-refractivity contribution < 1.29 is 20.0 Å². The van der Waals surface area contributed by atoms with E-state index in [9.17, 15) is 20.3 Å². The fourth-order valence-corrected chi connectivity index (χ4v) is 2.15. The van der Waals surface area contributed by atoms with E-state index in [-0.39, 0.29) is 5.71 Å². The van der Waals surface area contributed by atoms with Crippen LogP contribution in [0.5, 0.6) is 0 Å². The molecule has 1 aliphatic rings. The fourth-order valence-electron chi connectivity index (χ4n) is 2.15. The third kappa shape index (κ3) is 2.84. The van der Waals surface area contributed by atoms with Crippen LogP contribution in [0.4, 0.5) is 0 Å². The molecular formula is C13H13N3O5. The van der Waals surface area contributed by atoms with Crippen LogP contribution in [0.15, 0.2) is 29.4 Å². The topological polar surface area (TPSA) is 129 Å². The molecule has 0 aromatic heterocycles. The number of nitriles is 1. The summed E-state index contributed by atoms with van der Waals surface area (Å²) in [6.07, 6.45) is -4.16. The highest BCUT2D eigenvalue weighted by Gasteiger charge is 2.48. The van der Waals surface area contributed by atoms with Crippen molar-refractivity contribution in [1.29, 1.82) is 5.26 Å². The Labute approximate surface area is 120 Å². The molecule has 0 spiro atoms. The molecule has 0 radical (unpaired) electrons. The molecular weight excluding hydrogens is 278 g/mol. The van der Waals surface area contributed by atoms with Crippen LogP contribution in [-0.4, -0.2) is 39.1 Å². The first kappa shape index (κ1) is 14.9. The Balaban J connectivity index is 2.17. The van der Waals surface area contributed by atoms with E-state index in [4.69, 9.17) is 10.1 Å². The molecule has 4 atom stereocenters. The number of hydrogen-bond donors (Lipinski definition) is 2. The van der Waals surface area contributed by atoms with Crippen molar-refractivity contribution in [3.63, 3.8) is 0 Å². The van der Waals surface area contributed by atoms with Gasteiger partial charge in [0, 0.05) is 4.92 Å². The monoisotopic (exact) mass is 291 g/mol. The number of rotatable bonds is 4. The van der Waals surface area contributed by atoms with Crippen LogP contribution in [0.2, 0.25) is 0 Å². The lowest BCUT2D eigenvalue weighted by molar-refractivity contribution is -0.514. The first-order valence-corrected chi connectivity index (χ1v) is 6.15. The molecule has 0 aliphatic carbocycles. The molecule has 2 N–H and O–H groups in total. The van der Waals surface area contributed by atoms with E-state index in [1.54, 1.807) is 0 Å². The zero-order valence-corrected chi connectivity index (χ0v) is 11.1. The summed E-state index contributed by atoms with van der Waals surface area (Å²) >= 11 is 0. The number of hydrogen-bond acceptors (Lipinski definition) is 7. The van der Waals surface area contributed by atoms with Crippen LogP contribution in [0.25, 0.3) is 0 Å². The van der Waals surface area contributed by atoms with Gasteiger partial charge in [0.25, 0.3) is 6.04 Å². The number of oxime groups is 1. The zero-order chi connectivity index (χ0) is 15.6. The molecule has 2 rings (SSSR count). The number of benzene rings is 1. The molecule has 0 saturated heterocycles. The summed E-state index contributed by atoms with van der Waals surface area (Å²) in [5.74, 6) is 0. The zero-order valence-electron chi connectivity index (χ0n) is 11.1. The minimum absolute atomic E-state index is 0.135. The van der Waals surface area contributed by atoms with E-state index < -0.39 is 29.3 Å². The minimum atomic E-state index is -1.52. The Morgan fingerprint density at radius 3 is 2.57 bits per heavy atom. The van der Waals surface area contributed by atoms with Gasteiger partial charge in [0.1, 0.15) is 17.9 Å². The summed E-state index contributed by atoms with van der Waals surface area (Å²) in [7, 11) is 0. The molecule has 0 fully saturated rings. The Morgan fingerprint density at radius 1 is 1.43 bits per heavy atom. The Morgan fingerprint density at radius 2 is 2.05 bits per heavy atom. The molecule has 0 unspecified atom stereocenters. The van der Waals surface area contributed by atoms with E-state index in [0.717, 1.165) is 0 Å². The average molecular weight is 291 g/mol. The van der Waals surface area contributed by atoms with Crippen LogP contribution < -0.4 is 0 Å². The summed E-state index contributed by atoms with van der Waals surface area (Å²) in [6.45, 7) is 1.42. The number of nitrogens with zero attached hydrogens (tertiary/aromatic N) is 3. The Bertz CT molecular complexity index is 607. The molecule has 8 heteroatoms. The molecule has 21 heavy (non-hydrogen) atoms. The third-order valence-corrected chi connectivity index (χ3v) is 3.33. The van der Waals surface area contributed by atoms with Gasteiger partial charge in [-0.2, -0.15) is 5.26 Å². The maximum atomic E-state index is 11.0. The summed E-state index contributed by atoms with van der Waals surface area (Å²) in [5, 5.41) is 43.4. The van der Waals surface area contributed by atoms with Gasteiger partial charge in [-0.15, -0.1) is 0 Å². The highest BCUT2D eigenvalue weighted by atomic mass is 16.7. The predicted octanol–water partition coefficient (Wildman–Crippen LogP) is 0.373. The first-order valence-electron chi connectivity index (χ1n) is 6.15. The summed E-state index contributed by atoms with van der Waals surface area (Å²) in [6, 6.07) is 6.53. The van der Waals surface area contributed by atoms with E-state index in [1.165, 1.54) is 31.2 Å². The second-order valence-corrected chi connectivity index (χ2v) is 4.70. The van der Waals surface area contributed by atoms with Crippen LogP contribution in [-0.2, 0) is 4.84 Å². The van der Waals surface area contributed by atoms with Crippen molar-refractivity contribution in [3.05, 3.63) is 45.5 Å². The van der Waals surface area contributed by atoms with E-state index in [2.05, 4.69) is 5.16 Å². The van der Waals surface area contributed by atoms with Crippen LogP contribution in [0.1, 0.15) is 24.2 Å². The second-order valence-electron chi connectivity index (χ2n) is 4.70. The molecule has 0 bridgehead atoms. The molecule has 0 saturated carbocycles. The van der Waals surface area contributed by atoms with Crippen molar-refractivity contribution in [2.75, 3.05) is 0 Å². The number of aliphatic hydroxyl groups excluding tert-OH is 2. The standard InChI is InChI=1S/C13H13N3O5/c1-7-10(16(19)20)13(21-15-7)12(18)11(17)9-4-2-8(6-14)3-5-9/h2-5,10-13,17-18H,1H3/t10-,11-,12+,13-/m1/s1. The van der Waals surface area contributed by atoms with Gasteiger partial charge >= 0.3 is 0 Å². The molecule has 0 amide bonds. The lowest BCUT2D eigenvalue weighted by Crippen LogP contribution is -2.45. The fraction of sp³-hybridized carbons (Fsp3) is 0.385. The quantitative estimate of drug-likeness (QED) is 0.609. The number of nitro groups is 1. The van der Waals surface area contributed by atoms with Gasteiger partial charge < -0.3 is 15.1 Å². The molecule has 1 aliphatic heterocycles. The van der Waals surface area contributed by atoms with Gasteiger partial charge in [-0.05, 0) is 24.6 Å². The van der Waals surface area contributed by atoms with Crippen LogP contribution in [0, 0.1) is 21.4 Å². The van der Waals surface area contributed by atoms with Crippen LogP contribution in [0.3, 0.4) is 0 Å². The molecule has 110 valence electrons. The van der Waals surface area contributed by atoms with E-state index >= 15 is 0 Å². The minimum Gasteiger partial charge on any atom is -0.386 e. The first-order chi connectivity index (χ1) is 9.95. The third-order valence-electron chi connectivity index (χ3n) is 3.33. The number of aliphatic hydroxyl groups is 2. The summed E-state index contributed by atoms with van der Waals surface area (Å²) in [4.78, 5) is 15.3. The average Bonchev–Trinajstić information content (AvgIpc) is 2.87. The lowest BCUT2D eigenvalue weighted by Gasteiger charge is -2.23. The van der Waals surface area contributed by atoms with Gasteiger partial charge in [0.15, 0.2) is 0 Å². The molecule has 8 nitrogen and oxygen atoms in total. The Hall–Kier alpha value is -2.50. The lowest BCUT2D eigenvalue weighted by atomic mass is 9.94. The summed E-state index contributed by atoms with van der Waals surface area (Å²) in [5.41, 5.74) is 0.868. The second kappa shape index (κ2) is 5.87. The van der Waals surface area contributed by atoms with E-state index in [1.807, 2.05) is 6.07 Å². The van der Waals surface area contributed by atoms with Crippen LogP contribution >= 0.6 is 0 Å². The predicted molar refractivity (Wildman–Crippen MR) is 70.9 cm³/mol. The van der Waals surface area contributed by atoms with Gasteiger partial charge in [0.05, 0.1) is 11.6 Å². The smallest absolute Gasteiger partial charge is 0.295 e.